The fraction of sp³-hybridized carbons (Fsp3) is 0.133. The first-order valence-corrected chi connectivity index (χ1v) is 6.85. The molecule has 0 aliphatic heterocycles. The number of nitrogen functional groups attached to an aromatic ring is 1. The summed E-state index contributed by atoms with van der Waals surface area (Å²) >= 11 is 1.51. The Labute approximate surface area is 115 Å². The number of nitrogens with zero attached hydrogens (tertiary/aromatic N) is 1. The maximum Gasteiger partial charge on any atom is 0.279 e. The zero-order chi connectivity index (χ0) is 13.4. The molecule has 0 saturated heterocycles. The summed E-state index contributed by atoms with van der Waals surface area (Å²) in [5.41, 5.74) is 9.78. The first kappa shape index (κ1) is 12.0. The number of hydrogen-bond acceptors (Lipinski definition) is 4. The zero-order valence-corrected chi connectivity index (χ0v) is 11.6. The van der Waals surface area contributed by atoms with Crippen molar-refractivity contribution in [1.82, 2.24) is 4.98 Å². The molecule has 96 valence electrons. The van der Waals surface area contributed by atoms with Gasteiger partial charge in [-0.3, -0.25) is 0 Å². The molecule has 0 aliphatic carbocycles. The van der Waals surface area contributed by atoms with Gasteiger partial charge in [0.2, 0.25) is 0 Å². The van der Waals surface area contributed by atoms with Crippen LogP contribution < -0.4 is 10.5 Å². The van der Waals surface area contributed by atoms with Crippen molar-refractivity contribution in [3.8, 4) is 10.9 Å². The number of thiazole rings is 1. The molecule has 0 aliphatic rings. The van der Waals surface area contributed by atoms with Gasteiger partial charge in [0, 0.05) is 5.69 Å². The number of anilines is 1. The Morgan fingerprint density at radius 1 is 1.16 bits per heavy atom. The number of aromatic nitrogens is 1. The number of aryl methyl sites for hydroxylation is 1. The molecule has 19 heavy (non-hydrogen) atoms. The smallest absolute Gasteiger partial charge is 0.279 e. The summed E-state index contributed by atoms with van der Waals surface area (Å²) in [5, 5.41) is 0.648. The van der Waals surface area contributed by atoms with E-state index in [-0.39, 0.29) is 0 Å². The Hall–Kier alpha value is -2.07. The number of nitrogens with two attached hydrogens (primary N) is 1. The predicted molar refractivity (Wildman–Crippen MR) is 80.0 cm³/mol. The van der Waals surface area contributed by atoms with Crippen LogP contribution in [0.4, 0.5) is 5.69 Å². The minimum absolute atomic E-state index is 0.648. The van der Waals surface area contributed by atoms with Crippen LogP contribution in [0.1, 0.15) is 11.1 Å². The van der Waals surface area contributed by atoms with E-state index in [0.717, 1.165) is 27.2 Å². The molecule has 2 N–H and O–H groups in total. The van der Waals surface area contributed by atoms with E-state index in [1.807, 2.05) is 30.3 Å². The molecule has 3 aromatic rings. The topological polar surface area (TPSA) is 48.1 Å². The summed E-state index contributed by atoms with van der Waals surface area (Å²) in [5.74, 6) is 0.854. The van der Waals surface area contributed by atoms with Crippen LogP contribution in [-0.4, -0.2) is 4.98 Å². The number of fused-ring (bicyclic) bond motifs is 1. The van der Waals surface area contributed by atoms with E-state index in [4.69, 9.17) is 10.5 Å². The third-order valence-electron chi connectivity index (χ3n) is 3.15. The van der Waals surface area contributed by atoms with Gasteiger partial charge < -0.3 is 10.5 Å². The van der Waals surface area contributed by atoms with Crippen molar-refractivity contribution in [2.24, 2.45) is 0 Å². The summed E-state index contributed by atoms with van der Waals surface area (Å²) in [6, 6.07) is 11.7. The average molecular weight is 270 g/mol. The maximum absolute atomic E-state index is 5.88. The molecule has 1 heterocycles. The average Bonchev–Trinajstić information content (AvgIpc) is 2.76. The summed E-state index contributed by atoms with van der Waals surface area (Å²) in [6.07, 6.45) is 0. The zero-order valence-electron chi connectivity index (χ0n) is 10.8. The summed E-state index contributed by atoms with van der Waals surface area (Å²) in [6.45, 7) is 4.12. The summed E-state index contributed by atoms with van der Waals surface area (Å²) in [4.78, 5) is 4.46. The lowest BCUT2D eigenvalue weighted by molar-refractivity contribution is 0.476. The minimum atomic E-state index is 0.648. The molecule has 0 spiro atoms. The quantitative estimate of drug-likeness (QED) is 0.707. The number of benzene rings is 2. The Morgan fingerprint density at radius 3 is 2.84 bits per heavy atom. The normalized spacial score (nSPS) is 10.8. The lowest BCUT2D eigenvalue weighted by Crippen LogP contribution is -1.88. The predicted octanol–water partition coefficient (Wildman–Crippen LogP) is 4.29. The third kappa shape index (κ3) is 2.27. The van der Waals surface area contributed by atoms with Crippen molar-refractivity contribution in [1.29, 1.82) is 0 Å². The Balaban J connectivity index is 1.99. The SMILES string of the molecule is Cc1cccc(Oc2nc3ccc(N)cc3s2)c1C. The molecule has 0 fully saturated rings. The molecule has 3 rings (SSSR count). The van der Waals surface area contributed by atoms with Crippen LogP contribution in [0, 0.1) is 13.8 Å². The van der Waals surface area contributed by atoms with Crippen molar-refractivity contribution in [2.75, 3.05) is 5.73 Å². The van der Waals surface area contributed by atoms with Crippen molar-refractivity contribution in [3.05, 3.63) is 47.5 Å². The number of rotatable bonds is 2. The van der Waals surface area contributed by atoms with Crippen LogP contribution in [-0.2, 0) is 0 Å². The lowest BCUT2D eigenvalue weighted by Gasteiger charge is -2.07. The fourth-order valence-electron chi connectivity index (χ4n) is 1.89. The number of hydrogen-bond donors (Lipinski definition) is 1. The Bertz CT molecular complexity index is 749. The van der Waals surface area contributed by atoms with Crippen LogP contribution in [0.3, 0.4) is 0 Å². The third-order valence-corrected chi connectivity index (χ3v) is 4.04. The van der Waals surface area contributed by atoms with Gasteiger partial charge in [-0.2, -0.15) is 0 Å². The summed E-state index contributed by atoms with van der Waals surface area (Å²) in [7, 11) is 0. The largest absolute Gasteiger partial charge is 0.431 e. The van der Waals surface area contributed by atoms with Crippen LogP contribution in [0.5, 0.6) is 10.9 Å². The molecular weight excluding hydrogens is 256 g/mol. The standard InChI is InChI=1S/C15H14N2OS/c1-9-4-3-5-13(10(9)2)18-15-17-12-7-6-11(16)8-14(12)19-15/h3-8H,16H2,1-2H3. The van der Waals surface area contributed by atoms with Gasteiger partial charge in [-0.25, -0.2) is 4.98 Å². The van der Waals surface area contributed by atoms with Gasteiger partial charge in [-0.1, -0.05) is 23.5 Å². The Morgan fingerprint density at radius 2 is 2.00 bits per heavy atom. The van der Waals surface area contributed by atoms with Gasteiger partial charge in [-0.15, -0.1) is 0 Å². The summed E-state index contributed by atoms with van der Waals surface area (Å²) < 4.78 is 6.92. The van der Waals surface area contributed by atoms with Crippen molar-refractivity contribution in [3.63, 3.8) is 0 Å². The van der Waals surface area contributed by atoms with E-state index in [2.05, 4.69) is 24.9 Å². The van der Waals surface area contributed by atoms with Gasteiger partial charge in [0.05, 0.1) is 10.2 Å². The molecule has 0 unspecified atom stereocenters. The van der Waals surface area contributed by atoms with E-state index < -0.39 is 0 Å². The molecule has 2 aromatic carbocycles. The second kappa shape index (κ2) is 4.55. The van der Waals surface area contributed by atoms with Gasteiger partial charge >= 0.3 is 0 Å². The monoisotopic (exact) mass is 270 g/mol. The highest BCUT2D eigenvalue weighted by Gasteiger charge is 2.08. The first-order valence-electron chi connectivity index (χ1n) is 6.03. The molecule has 3 nitrogen and oxygen atoms in total. The second-order valence-electron chi connectivity index (χ2n) is 4.51. The van der Waals surface area contributed by atoms with Gasteiger partial charge in [0.25, 0.3) is 5.19 Å². The highest BCUT2D eigenvalue weighted by molar-refractivity contribution is 7.20. The molecule has 1 aromatic heterocycles. The first-order chi connectivity index (χ1) is 9.13. The highest BCUT2D eigenvalue weighted by atomic mass is 32.1. The minimum Gasteiger partial charge on any atom is -0.431 e. The van der Waals surface area contributed by atoms with Crippen LogP contribution in [0.2, 0.25) is 0 Å². The van der Waals surface area contributed by atoms with Gasteiger partial charge in [0.15, 0.2) is 0 Å². The highest BCUT2D eigenvalue weighted by Crippen LogP contribution is 2.33. The molecule has 4 heteroatoms. The Kier molecular flexibility index (Phi) is 2.87. The van der Waals surface area contributed by atoms with Crippen molar-refractivity contribution < 1.29 is 4.74 Å². The van der Waals surface area contributed by atoms with E-state index in [1.165, 1.54) is 16.9 Å². The number of ether oxygens (including phenoxy) is 1. The second-order valence-corrected chi connectivity index (χ2v) is 5.50. The van der Waals surface area contributed by atoms with E-state index in [9.17, 15) is 0 Å². The van der Waals surface area contributed by atoms with Gasteiger partial charge in [-0.05, 0) is 49.2 Å². The van der Waals surface area contributed by atoms with Crippen LogP contribution >= 0.6 is 11.3 Å². The molecule has 0 bridgehead atoms. The molecule has 0 atom stereocenters. The van der Waals surface area contributed by atoms with E-state index in [0.29, 0.717) is 5.19 Å². The molecule has 0 saturated carbocycles. The lowest BCUT2D eigenvalue weighted by atomic mass is 10.1. The van der Waals surface area contributed by atoms with Gasteiger partial charge in [0.1, 0.15) is 5.75 Å². The maximum atomic E-state index is 5.88. The van der Waals surface area contributed by atoms with Crippen molar-refractivity contribution >= 4 is 27.2 Å². The molecule has 0 amide bonds. The fourth-order valence-corrected chi connectivity index (χ4v) is 2.77. The van der Waals surface area contributed by atoms with E-state index >= 15 is 0 Å². The van der Waals surface area contributed by atoms with Crippen LogP contribution in [0.15, 0.2) is 36.4 Å². The van der Waals surface area contributed by atoms with Crippen LogP contribution in [0.25, 0.3) is 10.2 Å². The van der Waals surface area contributed by atoms with Crippen molar-refractivity contribution in [2.45, 2.75) is 13.8 Å². The van der Waals surface area contributed by atoms with E-state index in [1.54, 1.807) is 0 Å². The molecular formula is C15H14N2OS. The molecule has 0 radical (unpaired) electrons.